The highest BCUT2D eigenvalue weighted by molar-refractivity contribution is 6.31. The van der Waals surface area contributed by atoms with Gasteiger partial charge in [0.25, 0.3) is 5.91 Å². The molecule has 14 nitrogen and oxygen atoms in total. The van der Waals surface area contributed by atoms with Gasteiger partial charge < -0.3 is 19.9 Å². The number of aryl methyl sites for hydroxylation is 1. The smallest absolute Gasteiger partial charge is 0.272 e. The van der Waals surface area contributed by atoms with E-state index in [1.54, 1.807) is 31.2 Å². The Balaban J connectivity index is 0.702. The van der Waals surface area contributed by atoms with Crippen molar-refractivity contribution in [3.63, 3.8) is 0 Å². The van der Waals surface area contributed by atoms with Crippen molar-refractivity contribution >= 4 is 40.0 Å². The molecule has 64 heavy (non-hydrogen) atoms. The number of pyridine rings is 1. The van der Waals surface area contributed by atoms with E-state index in [0.29, 0.717) is 40.5 Å². The van der Waals surface area contributed by atoms with Gasteiger partial charge in [0.05, 0.1) is 40.3 Å². The van der Waals surface area contributed by atoms with Gasteiger partial charge in [-0.05, 0) is 106 Å². The van der Waals surface area contributed by atoms with Crippen LogP contribution in [0.25, 0.3) is 33.3 Å². The van der Waals surface area contributed by atoms with E-state index in [1.165, 1.54) is 17.7 Å². The lowest BCUT2D eigenvalue weighted by atomic mass is 9.92. The van der Waals surface area contributed by atoms with Crippen LogP contribution in [-0.2, 0) is 24.3 Å². The van der Waals surface area contributed by atoms with Crippen LogP contribution in [0.3, 0.4) is 0 Å². The van der Waals surface area contributed by atoms with Gasteiger partial charge >= 0.3 is 0 Å². The first-order valence-corrected chi connectivity index (χ1v) is 23.2. The first-order chi connectivity index (χ1) is 31.3. The molecule has 0 atom stereocenters. The Morgan fingerprint density at radius 3 is 2.53 bits per heavy atom. The number of rotatable bonds is 11. The fraction of sp³-hybridized carbons (Fsp3) is 0.429. The van der Waals surface area contributed by atoms with Gasteiger partial charge in [-0.15, -0.1) is 10.2 Å². The summed E-state index contributed by atoms with van der Waals surface area (Å²) in [7, 11) is 0. The maximum Gasteiger partial charge on any atom is 0.272 e. The number of hydrogen-bond donors (Lipinski definition) is 1. The van der Waals surface area contributed by atoms with Crippen molar-refractivity contribution in [1.82, 2.24) is 45.0 Å². The summed E-state index contributed by atoms with van der Waals surface area (Å²) in [6.07, 6.45) is 16.7. The van der Waals surface area contributed by atoms with Gasteiger partial charge in [0.15, 0.2) is 11.5 Å². The standard InChI is InChI=1S/C49H52ClN11O3/c1-31(62)59-22-19-46-42(30-59)48(57-61(46)37-5-3-6-37)40-7-2-4-33-24-45(52-28-41(33)40)35-27-53-60(29-35)23-18-32-16-20-58(21-17-32)47-15-14-44(55-56-47)49(63)54-36-9-12-38(13-10-36)64-39-11-8-34(26-51)43(50)25-39/h2,4,7-8,11,14-15,24-25,27-29,32,36-38H,3,5-6,9-10,12-13,16-23,30H2,1H3,(H,54,63). The van der Waals surface area contributed by atoms with E-state index in [4.69, 9.17) is 36.8 Å². The Labute approximate surface area is 377 Å². The lowest BCUT2D eigenvalue weighted by molar-refractivity contribution is -0.129. The predicted molar refractivity (Wildman–Crippen MR) is 244 cm³/mol. The first-order valence-electron chi connectivity index (χ1n) is 22.8. The first kappa shape index (κ1) is 41.7. The number of ether oxygens (including phenoxy) is 1. The lowest BCUT2D eigenvalue weighted by Crippen LogP contribution is -2.40. The van der Waals surface area contributed by atoms with Crippen molar-refractivity contribution < 1.29 is 14.3 Å². The van der Waals surface area contributed by atoms with Crippen molar-refractivity contribution in [2.75, 3.05) is 24.5 Å². The van der Waals surface area contributed by atoms with Gasteiger partial charge in [0.1, 0.15) is 11.8 Å². The molecule has 0 bridgehead atoms. The molecule has 10 rings (SSSR count). The number of fused-ring (bicyclic) bond motifs is 2. The summed E-state index contributed by atoms with van der Waals surface area (Å²) in [6, 6.07) is 19.9. The van der Waals surface area contributed by atoms with Crippen LogP contribution in [0.1, 0.15) is 104 Å². The van der Waals surface area contributed by atoms with E-state index in [-0.39, 0.29) is 24.0 Å². The quantitative estimate of drug-likeness (QED) is 0.134. The SMILES string of the molecule is CC(=O)N1CCc2c(c(-c3cccc4cc(-c5cnn(CCC6CCN(c7ccc(C(=O)NC8CCC(Oc9ccc(C#N)c(Cl)c9)CC8)nn7)CC6)c5)ncc34)nn2C2CCC2)C1. The fourth-order valence-corrected chi connectivity index (χ4v) is 10.0. The minimum absolute atomic E-state index is 0.0301. The molecule has 0 spiro atoms. The van der Waals surface area contributed by atoms with E-state index in [2.05, 4.69) is 61.6 Å². The molecule has 2 aliphatic heterocycles. The van der Waals surface area contributed by atoms with Gasteiger partial charge in [-0.2, -0.15) is 15.5 Å². The molecule has 3 fully saturated rings. The lowest BCUT2D eigenvalue weighted by Gasteiger charge is -2.32. The molecule has 2 amide bonds. The Kier molecular flexibility index (Phi) is 11.7. The number of nitrogens with zero attached hydrogens (tertiary/aromatic N) is 10. The van der Waals surface area contributed by atoms with Crippen molar-refractivity contribution in [2.24, 2.45) is 5.92 Å². The summed E-state index contributed by atoms with van der Waals surface area (Å²) in [6.45, 7) is 5.60. The van der Waals surface area contributed by atoms with Gasteiger partial charge in [-0.25, -0.2) is 0 Å². The number of piperidine rings is 1. The third-order valence-corrected chi connectivity index (χ3v) is 14.2. The Hall–Kier alpha value is -6.33. The molecular weight excluding hydrogens is 826 g/mol. The molecule has 328 valence electrons. The molecule has 2 aromatic carbocycles. The average Bonchev–Trinajstić information content (AvgIpc) is 3.93. The molecule has 1 N–H and O–H groups in total. The maximum absolute atomic E-state index is 13.1. The van der Waals surface area contributed by atoms with Crippen molar-refractivity contribution in [2.45, 2.75) is 109 Å². The molecule has 2 saturated carbocycles. The van der Waals surface area contributed by atoms with Crippen molar-refractivity contribution in [3.05, 3.63) is 101 Å². The molecule has 4 aromatic heterocycles. The van der Waals surface area contributed by atoms with Crippen LogP contribution < -0.4 is 15.0 Å². The molecule has 6 aromatic rings. The predicted octanol–water partition coefficient (Wildman–Crippen LogP) is 8.33. The summed E-state index contributed by atoms with van der Waals surface area (Å²) >= 11 is 6.17. The van der Waals surface area contributed by atoms with E-state index in [1.807, 2.05) is 28.0 Å². The van der Waals surface area contributed by atoms with Crippen molar-refractivity contribution in [3.8, 4) is 34.3 Å². The third-order valence-electron chi connectivity index (χ3n) is 13.9. The van der Waals surface area contributed by atoms with Crippen LogP contribution in [0.15, 0.2) is 73.2 Å². The number of carbonyl (C=O) groups excluding carboxylic acids is 2. The second kappa shape index (κ2) is 18.0. The molecule has 2 aliphatic carbocycles. The number of nitrogens with one attached hydrogen (secondary N) is 1. The van der Waals surface area contributed by atoms with E-state index < -0.39 is 0 Å². The van der Waals surface area contributed by atoms with Gasteiger partial charge in [-0.1, -0.05) is 29.8 Å². The van der Waals surface area contributed by atoms with E-state index >= 15 is 0 Å². The summed E-state index contributed by atoms with van der Waals surface area (Å²) in [5, 5.41) is 33.5. The topological polar surface area (TPSA) is 160 Å². The zero-order valence-electron chi connectivity index (χ0n) is 36.1. The fourth-order valence-electron chi connectivity index (χ4n) is 9.84. The zero-order valence-corrected chi connectivity index (χ0v) is 36.9. The van der Waals surface area contributed by atoms with Crippen LogP contribution in [-0.4, -0.2) is 83.2 Å². The van der Waals surface area contributed by atoms with Crippen molar-refractivity contribution in [1.29, 1.82) is 5.26 Å². The minimum atomic E-state index is -0.210. The maximum atomic E-state index is 13.1. The number of nitriles is 1. The highest BCUT2D eigenvalue weighted by atomic mass is 35.5. The molecule has 6 heterocycles. The number of benzene rings is 2. The molecule has 1 saturated heterocycles. The Morgan fingerprint density at radius 2 is 1.80 bits per heavy atom. The Bertz CT molecular complexity index is 2720. The van der Waals surface area contributed by atoms with E-state index in [9.17, 15) is 9.59 Å². The second-order valence-corrected chi connectivity index (χ2v) is 18.3. The molecule has 15 heteroatoms. The van der Waals surface area contributed by atoms with Crippen LogP contribution in [0.5, 0.6) is 5.75 Å². The summed E-state index contributed by atoms with van der Waals surface area (Å²) in [5.41, 5.74) is 7.12. The normalized spacial score (nSPS) is 19.2. The summed E-state index contributed by atoms with van der Waals surface area (Å²) in [4.78, 5) is 34.6. The molecule has 4 aliphatic rings. The number of amides is 2. The molecule has 0 unspecified atom stereocenters. The largest absolute Gasteiger partial charge is 0.490 e. The number of halogens is 1. The summed E-state index contributed by atoms with van der Waals surface area (Å²) in [5.74, 6) is 1.91. The second-order valence-electron chi connectivity index (χ2n) is 17.9. The third kappa shape index (κ3) is 8.65. The van der Waals surface area contributed by atoms with Crippen LogP contribution >= 0.6 is 11.6 Å². The summed E-state index contributed by atoms with van der Waals surface area (Å²) < 4.78 is 10.4. The number of carbonyl (C=O) groups is 2. The highest BCUT2D eigenvalue weighted by Gasteiger charge is 2.32. The average molecular weight is 878 g/mol. The highest BCUT2D eigenvalue weighted by Crippen LogP contribution is 2.40. The number of anilines is 1. The van der Waals surface area contributed by atoms with E-state index in [0.717, 1.165) is 129 Å². The Morgan fingerprint density at radius 1 is 0.953 bits per heavy atom. The molecular formula is C49H52ClN11O3. The number of hydrogen-bond acceptors (Lipinski definition) is 10. The minimum Gasteiger partial charge on any atom is -0.490 e. The van der Waals surface area contributed by atoms with Crippen LogP contribution in [0, 0.1) is 17.2 Å². The van der Waals surface area contributed by atoms with Gasteiger partial charge in [0.2, 0.25) is 5.91 Å². The number of aromatic nitrogens is 7. The zero-order chi connectivity index (χ0) is 43.7. The van der Waals surface area contributed by atoms with Crippen LogP contribution in [0.2, 0.25) is 5.02 Å². The van der Waals surface area contributed by atoms with Gasteiger partial charge in [-0.3, -0.25) is 23.9 Å². The van der Waals surface area contributed by atoms with Crippen LogP contribution in [0.4, 0.5) is 5.82 Å². The monoisotopic (exact) mass is 877 g/mol. The van der Waals surface area contributed by atoms with Gasteiger partial charge in [0, 0.05) is 98.3 Å². The molecule has 0 radical (unpaired) electrons.